The molecule has 0 saturated carbocycles. The SMILES string of the molecule is COc1ccc(S(=O)(=O)Nc2cccc(Cl)c2C)cc1C(C)(C)C. The molecule has 0 heterocycles. The van der Waals surface area contributed by atoms with Gasteiger partial charge >= 0.3 is 0 Å². The Hall–Kier alpha value is -1.72. The minimum Gasteiger partial charge on any atom is -0.496 e. The Balaban J connectivity index is 2.48. The second-order valence-corrected chi connectivity index (χ2v) is 8.72. The number of ether oxygens (including phenoxy) is 1. The first kappa shape index (κ1) is 18.6. The van der Waals surface area contributed by atoms with Crippen LogP contribution in [0.15, 0.2) is 41.3 Å². The van der Waals surface area contributed by atoms with E-state index in [0.717, 1.165) is 5.56 Å². The minimum atomic E-state index is -3.72. The summed E-state index contributed by atoms with van der Waals surface area (Å²) in [5.41, 5.74) is 1.74. The summed E-state index contributed by atoms with van der Waals surface area (Å²) >= 11 is 6.06. The molecule has 0 saturated heterocycles. The van der Waals surface area contributed by atoms with Gasteiger partial charge in [0.2, 0.25) is 0 Å². The van der Waals surface area contributed by atoms with E-state index >= 15 is 0 Å². The van der Waals surface area contributed by atoms with Crippen LogP contribution in [0, 0.1) is 6.92 Å². The van der Waals surface area contributed by atoms with Crippen molar-refractivity contribution in [3.63, 3.8) is 0 Å². The Morgan fingerprint density at radius 2 is 1.79 bits per heavy atom. The van der Waals surface area contributed by atoms with Gasteiger partial charge in [-0.25, -0.2) is 8.42 Å². The number of halogens is 1. The topological polar surface area (TPSA) is 55.4 Å². The highest BCUT2D eigenvalue weighted by Crippen LogP contribution is 2.34. The molecule has 0 aliphatic carbocycles. The maximum atomic E-state index is 12.7. The summed E-state index contributed by atoms with van der Waals surface area (Å²) in [5.74, 6) is 0.667. The third-order valence-electron chi connectivity index (χ3n) is 3.80. The number of methoxy groups -OCH3 is 1. The summed E-state index contributed by atoms with van der Waals surface area (Å²) in [7, 11) is -2.15. The smallest absolute Gasteiger partial charge is 0.261 e. The number of benzene rings is 2. The molecule has 0 spiro atoms. The van der Waals surface area contributed by atoms with E-state index in [0.29, 0.717) is 22.0 Å². The number of hydrogen-bond acceptors (Lipinski definition) is 3. The second kappa shape index (κ2) is 6.65. The van der Waals surface area contributed by atoms with Crippen molar-refractivity contribution in [3.05, 3.63) is 52.5 Å². The van der Waals surface area contributed by atoms with Gasteiger partial charge in [0.15, 0.2) is 0 Å². The summed E-state index contributed by atoms with van der Waals surface area (Å²) in [6, 6.07) is 9.99. The van der Waals surface area contributed by atoms with Gasteiger partial charge in [-0.1, -0.05) is 38.4 Å². The van der Waals surface area contributed by atoms with E-state index in [1.54, 1.807) is 44.4 Å². The predicted molar refractivity (Wildman–Crippen MR) is 98.7 cm³/mol. The average Bonchev–Trinajstić information content (AvgIpc) is 2.50. The lowest BCUT2D eigenvalue weighted by molar-refractivity contribution is 0.397. The van der Waals surface area contributed by atoms with Crippen molar-refractivity contribution >= 4 is 27.3 Å². The van der Waals surface area contributed by atoms with Crippen LogP contribution in [-0.2, 0) is 15.4 Å². The van der Waals surface area contributed by atoms with Crippen LogP contribution in [0.2, 0.25) is 5.02 Å². The third-order valence-corrected chi connectivity index (χ3v) is 5.57. The highest BCUT2D eigenvalue weighted by Gasteiger charge is 2.23. The number of sulfonamides is 1. The number of nitrogens with one attached hydrogen (secondary N) is 1. The van der Waals surface area contributed by atoms with Gasteiger partial charge in [-0.3, -0.25) is 4.72 Å². The Bertz CT molecular complexity index is 855. The van der Waals surface area contributed by atoms with Gasteiger partial charge < -0.3 is 4.74 Å². The van der Waals surface area contributed by atoms with E-state index in [-0.39, 0.29) is 10.3 Å². The van der Waals surface area contributed by atoms with Gasteiger partial charge in [0.25, 0.3) is 10.0 Å². The maximum absolute atomic E-state index is 12.7. The maximum Gasteiger partial charge on any atom is 0.261 e. The van der Waals surface area contributed by atoms with Crippen molar-refractivity contribution in [3.8, 4) is 5.75 Å². The fourth-order valence-corrected chi connectivity index (χ4v) is 3.69. The van der Waals surface area contributed by atoms with Crippen molar-refractivity contribution in [2.24, 2.45) is 0 Å². The lowest BCUT2D eigenvalue weighted by Crippen LogP contribution is -2.17. The fourth-order valence-electron chi connectivity index (χ4n) is 2.36. The van der Waals surface area contributed by atoms with Crippen LogP contribution in [-0.4, -0.2) is 15.5 Å². The van der Waals surface area contributed by atoms with E-state index in [9.17, 15) is 8.42 Å². The van der Waals surface area contributed by atoms with Crippen LogP contribution in [0.25, 0.3) is 0 Å². The quantitative estimate of drug-likeness (QED) is 0.847. The Labute approximate surface area is 148 Å². The van der Waals surface area contributed by atoms with Crippen LogP contribution in [0.4, 0.5) is 5.69 Å². The Morgan fingerprint density at radius 3 is 2.38 bits per heavy atom. The number of rotatable bonds is 4. The third kappa shape index (κ3) is 3.84. The molecule has 0 radical (unpaired) electrons. The van der Waals surface area contributed by atoms with Crippen LogP contribution in [0.3, 0.4) is 0 Å². The molecule has 1 N–H and O–H groups in total. The van der Waals surface area contributed by atoms with Gasteiger partial charge in [-0.2, -0.15) is 0 Å². The zero-order valence-electron chi connectivity index (χ0n) is 14.5. The van der Waals surface area contributed by atoms with Gasteiger partial charge in [0, 0.05) is 10.6 Å². The molecule has 2 rings (SSSR count). The number of anilines is 1. The molecule has 4 nitrogen and oxygen atoms in total. The molecule has 0 amide bonds. The van der Waals surface area contributed by atoms with Gasteiger partial charge in [0.1, 0.15) is 5.75 Å². The molecule has 0 aliphatic rings. The summed E-state index contributed by atoms with van der Waals surface area (Å²) in [6.45, 7) is 7.80. The first-order chi connectivity index (χ1) is 11.1. The zero-order chi connectivity index (χ0) is 18.1. The highest BCUT2D eigenvalue weighted by atomic mass is 35.5. The van der Waals surface area contributed by atoms with Crippen LogP contribution < -0.4 is 9.46 Å². The van der Waals surface area contributed by atoms with Gasteiger partial charge in [-0.05, 0) is 48.2 Å². The summed E-state index contributed by atoms with van der Waals surface area (Å²) in [6.07, 6.45) is 0. The van der Waals surface area contributed by atoms with Crippen molar-refractivity contribution in [1.29, 1.82) is 0 Å². The standard InChI is InChI=1S/C18H22ClNO3S/c1-12-15(19)7-6-8-16(12)20-24(21,22)13-9-10-17(23-5)14(11-13)18(2,3)4/h6-11,20H,1-5H3. The fraction of sp³-hybridized carbons (Fsp3) is 0.333. The molecular formula is C18H22ClNO3S. The van der Waals surface area contributed by atoms with E-state index in [2.05, 4.69) is 4.72 Å². The molecule has 0 bridgehead atoms. The lowest BCUT2D eigenvalue weighted by atomic mass is 9.86. The molecule has 0 unspecified atom stereocenters. The summed E-state index contributed by atoms with van der Waals surface area (Å²) in [5, 5.41) is 0.514. The van der Waals surface area contributed by atoms with Crippen LogP contribution >= 0.6 is 11.6 Å². The van der Waals surface area contributed by atoms with Gasteiger partial charge in [-0.15, -0.1) is 0 Å². The van der Waals surface area contributed by atoms with Gasteiger partial charge in [0.05, 0.1) is 17.7 Å². The van der Waals surface area contributed by atoms with Crippen molar-refractivity contribution < 1.29 is 13.2 Å². The molecule has 2 aromatic carbocycles. The minimum absolute atomic E-state index is 0.188. The van der Waals surface area contributed by atoms with Crippen LogP contribution in [0.5, 0.6) is 5.75 Å². The molecule has 130 valence electrons. The first-order valence-corrected chi connectivity index (χ1v) is 9.39. The van der Waals surface area contributed by atoms with Crippen molar-refractivity contribution in [2.45, 2.75) is 38.0 Å². The molecule has 24 heavy (non-hydrogen) atoms. The predicted octanol–water partition coefficient (Wildman–Crippen LogP) is 4.76. The lowest BCUT2D eigenvalue weighted by Gasteiger charge is -2.23. The molecule has 6 heteroatoms. The summed E-state index contributed by atoms with van der Waals surface area (Å²) in [4.78, 5) is 0.188. The van der Waals surface area contributed by atoms with E-state index in [4.69, 9.17) is 16.3 Å². The Morgan fingerprint density at radius 1 is 1.12 bits per heavy atom. The average molecular weight is 368 g/mol. The van der Waals surface area contributed by atoms with Crippen molar-refractivity contribution in [1.82, 2.24) is 0 Å². The second-order valence-electron chi connectivity index (χ2n) is 6.63. The molecule has 0 aliphatic heterocycles. The van der Waals surface area contributed by atoms with E-state index in [1.165, 1.54) is 6.07 Å². The molecule has 2 aromatic rings. The van der Waals surface area contributed by atoms with Crippen LogP contribution in [0.1, 0.15) is 31.9 Å². The summed E-state index contributed by atoms with van der Waals surface area (Å²) < 4.78 is 33.5. The van der Waals surface area contributed by atoms with E-state index < -0.39 is 10.0 Å². The highest BCUT2D eigenvalue weighted by molar-refractivity contribution is 7.92. The van der Waals surface area contributed by atoms with Crippen molar-refractivity contribution in [2.75, 3.05) is 11.8 Å². The zero-order valence-corrected chi connectivity index (χ0v) is 16.0. The largest absolute Gasteiger partial charge is 0.496 e. The normalized spacial score (nSPS) is 12.1. The molecule has 0 fully saturated rings. The van der Waals surface area contributed by atoms with E-state index in [1.807, 2.05) is 20.8 Å². The molecular weight excluding hydrogens is 346 g/mol. The number of hydrogen-bond donors (Lipinski definition) is 1. The first-order valence-electron chi connectivity index (χ1n) is 7.52. The molecule has 0 atom stereocenters. The Kier molecular flexibility index (Phi) is 5.16. The monoisotopic (exact) mass is 367 g/mol. The molecule has 0 aromatic heterocycles.